The number of nitro groups is 1. The lowest BCUT2D eigenvalue weighted by atomic mass is 10.2. The van der Waals surface area contributed by atoms with Gasteiger partial charge in [0.2, 0.25) is 10.0 Å². The Balaban J connectivity index is 1.45. The van der Waals surface area contributed by atoms with Crippen molar-refractivity contribution in [2.75, 3.05) is 49.5 Å². The van der Waals surface area contributed by atoms with E-state index in [1.807, 2.05) is 4.90 Å². The third-order valence-electron chi connectivity index (χ3n) is 5.78. The highest BCUT2D eigenvalue weighted by Crippen LogP contribution is 2.31. The van der Waals surface area contributed by atoms with Gasteiger partial charge in [-0.1, -0.05) is 11.6 Å². The van der Waals surface area contributed by atoms with Crippen LogP contribution in [0.5, 0.6) is 0 Å². The smallest absolute Gasteiger partial charge is 0.292 e. The Morgan fingerprint density at radius 2 is 1.84 bits per heavy atom. The second-order valence-corrected chi connectivity index (χ2v) is 10.2. The van der Waals surface area contributed by atoms with E-state index in [0.29, 0.717) is 43.4 Å². The van der Waals surface area contributed by atoms with Crippen LogP contribution in [0.2, 0.25) is 5.02 Å². The molecule has 0 amide bonds. The largest absolute Gasteiger partial charge is 0.377 e. The summed E-state index contributed by atoms with van der Waals surface area (Å²) < 4.78 is 32.8. The van der Waals surface area contributed by atoms with Gasteiger partial charge in [0, 0.05) is 56.1 Å². The Bertz CT molecular complexity index is 1070. The first kappa shape index (κ1) is 22.8. The van der Waals surface area contributed by atoms with Crippen molar-refractivity contribution in [3.8, 4) is 0 Å². The van der Waals surface area contributed by atoms with Crippen LogP contribution in [0.15, 0.2) is 47.4 Å². The van der Waals surface area contributed by atoms with E-state index < -0.39 is 14.9 Å². The number of nitrogens with one attached hydrogen (secondary N) is 1. The fourth-order valence-corrected chi connectivity index (χ4v) is 5.54. The number of piperazine rings is 1. The van der Waals surface area contributed by atoms with Gasteiger partial charge in [-0.3, -0.25) is 10.1 Å². The fourth-order valence-electron chi connectivity index (χ4n) is 3.99. The molecule has 0 saturated carbocycles. The number of sulfonamides is 1. The SMILES string of the molecule is O=[N+]([O-])c1ccc(N2CCN(S(=O)(=O)c3ccc(Cl)cc3)CC2)cc1NC[C@@H]1CCCO1. The first-order valence-corrected chi connectivity index (χ1v) is 12.3. The highest BCUT2D eigenvalue weighted by atomic mass is 35.5. The monoisotopic (exact) mass is 480 g/mol. The van der Waals surface area contributed by atoms with Crippen LogP contribution < -0.4 is 10.2 Å². The zero-order valence-electron chi connectivity index (χ0n) is 17.4. The molecule has 172 valence electrons. The molecule has 0 bridgehead atoms. The van der Waals surface area contributed by atoms with Crippen molar-refractivity contribution < 1.29 is 18.1 Å². The predicted molar refractivity (Wildman–Crippen MR) is 123 cm³/mol. The van der Waals surface area contributed by atoms with Gasteiger partial charge in [-0.25, -0.2) is 8.42 Å². The summed E-state index contributed by atoms with van der Waals surface area (Å²) in [6.07, 6.45) is 1.99. The number of hydrogen-bond acceptors (Lipinski definition) is 7. The van der Waals surface area contributed by atoms with Crippen molar-refractivity contribution in [1.29, 1.82) is 0 Å². The first-order chi connectivity index (χ1) is 15.3. The Kier molecular flexibility index (Phi) is 6.85. The molecule has 0 aliphatic carbocycles. The van der Waals surface area contributed by atoms with Gasteiger partial charge >= 0.3 is 0 Å². The lowest BCUT2D eigenvalue weighted by Crippen LogP contribution is -2.48. The van der Waals surface area contributed by atoms with Crippen LogP contribution in [0.4, 0.5) is 17.1 Å². The van der Waals surface area contributed by atoms with Crippen LogP contribution in [0.1, 0.15) is 12.8 Å². The van der Waals surface area contributed by atoms with Gasteiger partial charge in [-0.2, -0.15) is 4.31 Å². The number of rotatable bonds is 7. The number of halogens is 1. The molecule has 9 nitrogen and oxygen atoms in total. The minimum Gasteiger partial charge on any atom is -0.377 e. The maximum Gasteiger partial charge on any atom is 0.292 e. The van der Waals surface area contributed by atoms with Crippen molar-refractivity contribution >= 4 is 38.7 Å². The lowest BCUT2D eigenvalue weighted by molar-refractivity contribution is -0.383. The molecule has 0 spiro atoms. The van der Waals surface area contributed by atoms with E-state index in [9.17, 15) is 18.5 Å². The van der Waals surface area contributed by atoms with Crippen LogP contribution in [0, 0.1) is 10.1 Å². The summed E-state index contributed by atoms with van der Waals surface area (Å²) in [7, 11) is -3.60. The Morgan fingerprint density at radius 1 is 1.12 bits per heavy atom. The first-order valence-electron chi connectivity index (χ1n) is 10.5. The van der Waals surface area contributed by atoms with E-state index in [0.717, 1.165) is 25.1 Å². The number of ether oxygens (including phenoxy) is 1. The lowest BCUT2D eigenvalue weighted by Gasteiger charge is -2.35. The van der Waals surface area contributed by atoms with Crippen LogP contribution >= 0.6 is 11.6 Å². The van der Waals surface area contributed by atoms with E-state index >= 15 is 0 Å². The summed E-state index contributed by atoms with van der Waals surface area (Å²) in [5.41, 5.74) is 1.27. The average Bonchev–Trinajstić information content (AvgIpc) is 3.31. The van der Waals surface area contributed by atoms with E-state index in [4.69, 9.17) is 16.3 Å². The summed E-state index contributed by atoms with van der Waals surface area (Å²) >= 11 is 5.87. The number of benzene rings is 2. The summed E-state index contributed by atoms with van der Waals surface area (Å²) in [5.74, 6) is 0. The molecule has 1 atom stereocenters. The van der Waals surface area contributed by atoms with Crippen LogP contribution in [0.25, 0.3) is 0 Å². The molecule has 32 heavy (non-hydrogen) atoms. The zero-order chi connectivity index (χ0) is 22.7. The Labute approximate surface area is 192 Å². The van der Waals surface area contributed by atoms with Gasteiger partial charge in [-0.15, -0.1) is 0 Å². The zero-order valence-corrected chi connectivity index (χ0v) is 19.0. The molecule has 2 heterocycles. The van der Waals surface area contributed by atoms with Gasteiger partial charge in [0.25, 0.3) is 5.69 Å². The minimum absolute atomic E-state index is 0.00991. The van der Waals surface area contributed by atoms with E-state index in [1.54, 1.807) is 24.3 Å². The third-order valence-corrected chi connectivity index (χ3v) is 7.94. The molecule has 2 aliphatic heterocycles. The average molecular weight is 481 g/mol. The molecule has 2 aliphatic rings. The standard InChI is InChI=1S/C21H25ClN4O5S/c22-16-3-6-19(7-4-16)32(29,30)25-11-9-24(10-12-25)17-5-8-21(26(27)28)20(14-17)23-15-18-2-1-13-31-18/h3-8,14,18,23H,1-2,9-13,15H2/t18-/m0/s1. The van der Waals surface area contributed by atoms with Crippen LogP contribution in [0.3, 0.4) is 0 Å². The summed E-state index contributed by atoms with van der Waals surface area (Å²) in [6, 6.07) is 11.1. The van der Waals surface area contributed by atoms with E-state index in [1.165, 1.54) is 22.5 Å². The summed E-state index contributed by atoms with van der Waals surface area (Å²) in [6.45, 7) is 2.84. The fraction of sp³-hybridized carbons (Fsp3) is 0.429. The summed E-state index contributed by atoms with van der Waals surface area (Å²) in [4.78, 5) is 13.3. The van der Waals surface area contributed by atoms with Crippen molar-refractivity contribution in [3.63, 3.8) is 0 Å². The molecule has 2 fully saturated rings. The molecule has 1 N–H and O–H groups in total. The van der Waals surface area contributed by atoms with Crippen molar-refractivity contribution in [2.24, 2.45) is 0 Å². The molecule has 0 aromatic heterocycles. The van der Waals surface area contributed by atoms with E-state index in [-0.39, 0.29) is 16.7 Å². The summed E-state index contributed by atoms with van der Waals surface area (Å²) in [5, 5.41) is 15.1. The Hall–Kier alpha value is -2.40. The van der Waals surface area contributed by atoms with Crippen LogP contribution in [-0.4, -0.2) is 63.1 Å². The molecular weight excluding hydrogens is 456 g/mol. The van der Waals surface area contributed by atoms with Crippen molar-refractivity contribution in [1.82, 2.24) is 4.31 Å². The maximum absolute atomic E-state index is 12.9. The topological polar surface area (TPSA) is 105 Å². The van der Waals surface area contributed by atoms with Crippen LogP contribution in [-0.2, 0) is 14.8 Å². The molecule has 0 radical (unpaired) electrons. The normalized spacial score (nSPS) is 19.8. The second-order valence-electron chi connectivity index (χ2n) is 7.82. The molecule has 0 unspecified atom stereocenters. The molecule has 2 saturated heterocycles. The highest BCUT2D eigenvalue weighted by molar-refractivity contribution is 7.89. The molecule has 4 rings (SSSR count). The number of anilines is 2. The van der Waals surface area contributed by atoms with Gasteiger partial charge in [0.15, 0.2) is 0 Å². The van der Waals surface area contributed by atoms with Crippen molar-refractivity contribution in [2.45, 2.75) is 23.8 Å². The predicted octanol–water partition coefficient (Wildman–Crippen LogP) is 3.35. The molecule has 2 aromatic rings. The molecular formula is C21H25ClN4O5S. The number of nitro benzene ring substituents is 1. The van der Waals surface area contributed by atoms with Crippen molar-refractivity contribution in [3.05, 3.63) is 57.6 Å². The van der Waals surface area contributed by atoms with Gasteiger partial charge in [0.1, 0.15) is 5.69 Å². The molecule has 11 heteroatoms. The number of hydrogen-bond donors (Lipinski definition) is 1. The van der Waals surface area contributed by atoms with Gasteiger partial charge in [-0.05, 0) is 49.2 Å². The quantitative estimate of drug-likeness (QED) is 0.478. The van der Waals surface area contributed by atoms with Gasteiger partial charge in [0.05, 0.1) is 15.9 Å². The highest BCUT2D eigenvalue weighted by Gasteiger charge is 2.29. The van der Waals surface area contributed by atoms with E-state index in [2.05, 4.69) is 5.32 Å². The van der Waals surface area contributed by atoms with Gasteiger partial charge < -0.3 is 15.0 Å². The Morgan fingerprint density at radius 3 is 2.47 bits per heavy atom. The number of nitrogens with zero attached hydrogens (tertiary/aromatic N) is 3. The maximum atomic E-state index is 12.9. The molecule has 2 aromatic carbocycles. The minimum atomic E-state index is -3.60. The second kappa shape index (κ2) is 9.62. The third kappa shape index (κ3) is 4.98.